The van der Waals surface area contributed by atoms with Gasteiger partial charge in [-0.25, -0.2) is 9.97 Å². The van der Waals surface area contributed by atoms with E-state index in [0.717, 1.165) is 67.0 Å². The van der Waals surface area contributed by atoms with Crippen LogP contribution in [-0.2, 0) is 6.42 Å². The van der Waals surface area contributed by atoms with Crippen LogP contribution >= 0.6 is 11.3 Å². The number of fused-ring (bicyclic) bond motifs is 1. The molecular formula is C22H23F3N4S. The summed E-state index contributed by atoms with van der Waals surface area (Å²) < 4.78 is 38.5. The molecule has 2 atom stereocenters. The molecule has 1 aromatic carbocycles. The van der Waals surface area contributed by atoms with Crippen molar-refractivity contribution in [2.45, 2.75) is 44.3 Å². The fourth-order valence-electron chi connectivity index (χ4n) is 5.02. The van der Waals surface area contributed by atoms with Gasteiger partial charge in [0, 0.05) is 29.7 Å². The first-order chi connectivity index (χ1) is 14.4. The molecule has 0 radical (unpaired) electrons. The third-order valence-corrected chi connectivity index (χ3v) is 7.36. The zero-order chi connectivity index (χ0) is 20.8. The summed E-state index contributed by atoms with van der Waals surface area (Å²) in [7, 11) is 0. The van der Waals surface area contributed by atoms with Gasteiger partial charge in [-0.05, 0) is 49.3 Å². The lowest BCUT2D eigenvalue weighted by Gasteiger charge is -2.25. The number of benzene rings is 1. The molecule has 158 valence electrons. The van der Waals surface area contributed by atoms with Gasteiger partial charge in [0.1, 0.15) is 17.0 Å². The predicted octanol–water partition coefficient (Wildman–Crippen LogP) is 5.66. The number of alkyl halides is 3. The molecule has 1 saturated heterocycles. The van der Waals surface area contributed by atoms with Crippen molar-refractivity contribution in [2.24, 2.45) is 5.41 Å². The molecule has 2 fully saturated rings. The molecule has 1 aliphatic heterocycles. The molecule has 1 N–H and O–H groups in total. The van der Waals surface area contributed by atoms with E-state index in [-0.39, 0.29) is 5.41 Å². The van der Waals surface area contributed by atoms with Gasteiger partial charge in [-0.3, -0.25) is 0 Å². The molecule has 0 bridgehead atoms. The van der Waals surface area contributed by atoms with Gasteiger partial charge >= 0.3 is 6.18 Å². The average Bonchev–Trinajstić information content (AvgIpc) is 3.40. The van der Waals surface area contributed by atoms with Crippen molar-refractivity contribution in [3.63, 3.8) is 0 Å². The minimum atomic E-state index is -4.21. The minimum Gasteiger partial charge on any atom is -0.382 e. The largest absolute Gasteiger partial charge is 0.393 e. The summed E-state index contributed by atoms with van der Waals surface area (Å²) >= 11 is 1.11. The van der Waals surface area contributed by atoms with Crippen molar-refractivity contribution in [1.29, 1.82) is 0 Å². The fourth-order valence-corrected chi connectivity index (χ4v) is 6.04. The van der Waals surface area contributed by atoms with Gasteiger partial charge in [0.25, 0.3) is 0 Å². The molecule has 2 aliphatic rings. The topological polar surface area (TPSA) is 41.0 Å². The maximum absolute atomic E-state index is 12.8. The number of nitrogens with one attached hydrogen (secondary N) is 1. The maximum atomic E-state index is 12.8. The summed E-state index contributed by atoms with van der Waals surface area (Å²) in [6.07, 6.45) is 0.841. The molecule has 8 heteroatoms. The van der Waals surface area contributed by atoms with E-state index in [2.05, 4.69) is 32.3 Å². The molecular weight excluding hydrogens is 409 g/mol. The lowest BCUT2D eigenvalue weighted by Crippen LogP contribution is -2.27. The van der Waals surface area contributed by atoms with Gasteiger partial charge in [-0.2, -0.15) is 13.2 Å². The van der Waals surface area contributed by atoms with Gasteiger partial charge in [0.05, 0.1) is 11.8 Å². The average molecular weight is 433 g/mol. The van der Waals surface area contributed by atoms with E-state index in [1.165, 1.54) is 6.33 Å². The summed E-state index contributed by atoms with van der Waals surface area (Å²) in [6.45, 7) is 1.78. The maximum Gasteiger partial charge on any atom is 0.393 e. The van der Waals surface area contributed by atoms with Crippen LogP contribution in [0.15, 0.2) is 42.7 Å². The van der Waals surface area contributed by atoms with Crippen LogP contribution in [0.4, 0.5) is 24.7 Å². The zero-order valence-corrected chi connectivity index (χ0v) is 17.3. The molecule has 3 aromatic rings. The predicted molar refractivity (Wildman–Crippen MR) is 114 cm³/mol. The van der Waals surface area contributed by atoms with Crippen LogP contribution in [0.1, 0.15) is 30.6 Å². The quantitative estimate of drug-likeness (QED) is 0.578. The zero-order valence-electron chi connectivity index (χ0n) is 16.5. The van der Waals surface area contributed by atoms with Crippen LogP contribution in [-0.4, -0.2) is 35.3 Å². The second-order valence-corrected chi connectivity index (χ2v) is 9.66. The second kappa shape index (κ2) is 7.41. The molecule has 3 heterocycles. The first-order valence-corrected chi connectivity index (χ1v) is 11.1. The van der Waals surface area contributed by atoms with Gasteiger partial charge in [-0.1, -0.05) is 18.2 Å². The molecule has 5 rings (SSSR count). The Hall–Kier alpha value is -2.35. The Kier molecular flexibility index (Phi) is 4.84. The van der Waals surface area contributed by atoms with Crippen LogP contribution < -0.4 is 10.2 Å². The Morgan fingerprint density at radius 3 is 2.80 bits per heavy atom. The van der Waals surface area contributed by atoms with Gasteiger partial charge in [-0.15, -0.1) is 11.3 Å². The number of halogens is 3. The summed E-state index contributed by atoms with van der Waals surface area (Å²) in [4.78, 5) is 11.9. The van der Waals surface area contributed by atoms with E-state index < -0.39 is 12.6 Å². The highest BCUT2D eigenvalue weighted by Gasteiger charge is 2.44. The van der Waals surface area contributed by atoms with Crippen molar-refractivity contribution < 1.29 is 13.2 Å². The lowest BCUT2D eigenvalue weighted by atomic mass is 9.85. The molecule has 2 aromatic heterocycles. The number of hydrogen-bond acceptors (Lipinski definition) is 5. The van der Waals surface area contributed by atoms with Crippen molar-refractivity contribution in [3.05, 3.63) is 47.6 Å². The summed E-state index contributed by atoms with van der Waals surface area (Å²) in [6, 6.07) is 12.4. The Morgan fingerprint density at radius 2 is 2.00 bits per heavy atom. The number of hydrogen-bond donors (Lipinski definition) is 1. The number of nitrogens with zero attached hydrogens (tertiary/aromatic N) is 3. The minimum absolute atomic E-state index is 0.245. The Bertz CT molecular complexity index is 1040. The van der Waals surface area contributed by atoms with Crippen LogP contribution in [0.2, 0.25) is 0 Å². The highest BCUT2D eigenvalue weighted by atomic mass is 32.1. The summed E-state index contributed by atoms with van der Waals surface area (Å²) in [5.41, 5.74) is 1.40. The van der Waals surface area contributed by atoms with Crippen molar-refractivity contribution in [2.75, 3.05) is 23.3 Å². The van der Waals surface area contributed by atoms with Crippen LogP contribution in [0.25, 0.3) is 10.2 Å². The monoisotopic (exact) mass is 432 g/mol. The molecule has 1 spiro atoms. The Morgan fingerprint density at radius 1 is 1.17 bits per heavy atom. The Balaban J connectivity index is 1.32. The number of para-hydroxylation sites is 1. The van der Waals surface area contributed by atoms with Crippen LogP contribution in [0.5, 0.6) is 0 Å². The van der Waals surface area contributed by atoms with Crippen molar-refractivity contribution >= 4 is 33.1 Å². The van der Waals surface area contributed by atoms with E-state index in [4.69, 9.17) is 0 Å². The first kappa shape index (κ1) is 19.6. The summed E-state index contributed by atoms with van der Waals surface area (Å²) in [5.74, 6) is 0.779. The normalized spacial score (nSPS) is 24.2. The number of thiophene rings is 1. The third kappa shape index (κ3) is 3.97. The highest BCUT2D eigenvalue weighted by molar-refractivity contribution is 7.18. The van der Waals surface area contributed by atoms with E-state index in [1.54, 1.807) is 6.07 Å². The first-order valence-electron chi connectivity index (χ1n) is 10.3. The lowest BCUT2D eigenvalue weighted by molar-refractivity contribution is -0.126. The molecule has 0 amide bonds. The number of aromatic nitrogens is 2. The van der Waals surface area contributed by atoms with E-state index in [1.807, 2.05) is 18.2 Å². The summed E-state index contributed by atoms with van der Waals surface area (Å²) in [5, 5.41) is 4.40. The molecule has 1 unspecified atom stereocenters. The van der Waals surface area contributed by atoms with E-state index in [0.29, 0.717) is 15.7 Å². The molecule has 1 aliphatic carbocycles. The SMILES string of the molecule is FC(F)(F)Cc1cc2c(N3CCC4(CC[C@H](Nc5ccccc5)C4)C3)ncnc2s1. The van der Waals surface area contributed by atoms with Crippen LogP contribution in [0.3, 0.4) is 0 Å². The van der Waals surface area contributed by atoms with Crippen molar-refractivity contribution in [3.8, 4) is 0 Å². The van der Waals surface area contributed by atoms with Crippen LogP contribution in [0, 0.1) is 5.41 Å². The number of anilines is 2. The smallest absolute Gasteiger partial charge is 0.382 e. The third-order valence-electron chi connectivity index (χ3n) is 6.32. The fraction of sp³-hybridized carbons (Fsp3) is 0.455. The van der Waals surface area contributed by atoms with Gasteiger partial charge in [0.15, 0.2) is 0 Å². The van der Waals surface area contributed by atoms with Gasteiger partial charge in [0.2, 0.25) is 0 Å². The highest BCUT2D eigenvalue weighted by Crippen LogP contribution is 2.48. The van der Waals surface area contributed by atoms with E-state index >= 15 is 0 Å². The molecule has 1 saturated carbocycles. The van der Waals surface area contributed by atoms with Gasteiger partial charge < -0.3 is 10.2 Å². The molecule has 4 nitrogen and oxygen atoms in total. The standard InChI is InChI=1S/C22H23F3N4S/c23-22(24,25)12-17-10-18-19(26-14-27-20(18)30-17)29-9-8-21(13-29)7-6-16(11-21)28-15-4-2-1-3-5-15/h1-5,10,14,16,28H,6-9,11-13H2/t16-,21?/m0/s1. The second-order valence-electron chi connectivity index (χ2n) is 8.54. The Labute approximate surface area is 177 Å². The molecule has 30 heavy (non-hydrogen) atoms. The number of rotatable bonds is 4. The van der Waals surface area contributed by atoms with E-state index in [9.17, 15) is 13.2 Å². The van der Waals surface area contributed by atoms with Crippen molar-refractivity contribution in [1.82, 2.24) is 9.97 Å².